The molecule has 2 rings (SSSR count). The Bertz CT molecular complexity index is 840. The van der Waals surface area contributed by atoms with Crippen LogP contribution < -0.4 is 5.32 Å². The van der Waals surface area contributed by atoms with Crippen molar-refractivity contribution in [3.63, 3.8) is 0 Å². The summed E-state index contributed by atoms with van der Waals surface area (Å²) >= 11 is 1.94. The minimum Gasteiger partial charge on any atom is -0.466 e. The van der Waals surface area contributed by atoms with E-state index in [0.29, 0.717) is 13.2 Å². The maximum Gasteiger partial charge on any atom is 0.331 e. The minimum absolute atomic E-state index is 0.221. The lowest BCUT2D eigenvalue weighted by Crippen LogP contribution is -2.35. The molecule has 1 aliphatic rings. The van der Waals surface area contributed by atoms with Crippen LogP contribution in [0.1, 0.15) is 13.8 Å². The molecule has 1 saturated heterocycles. The lowest BCUT2D eigenvalue weighted by molar-refractivity contribution is -0.139. The van der Waals surface area contributed by atoms with Crippen LogP contribution in [0.4, 0.5) is 5.69 Å². The minimum atomic E-state index is -0.589. The van der Waals surface area contributed by atoms with Crippen molar-refractivity contribution < 1.29 is 38.1 Å². The van der Waals surface area contributed by atoms with E-state index in [0.717, 1.165) is 61.1 Å². The summed E-state index contributed by atoms with van der Waals surface area (Å²) in [5.74, 6) is 0.0354. The Labute approximate surface area is 223 Å². The van der Waals surface area contributed by atoms with Gasteiger partial charge in [-0.25, -0.2) is 19.2 Å². The average Bonchev–Trinajstić information content (AvgIpc) is 2.95. The highest BCUT2D eigenvalue weighted by Gasteiger charge is 2.10. The number of esters is 4. The fraction of sp³-hybridized carbons (Fsp3) is 0.462. The van der Waals surface area contributed by atoms with Gasteiger partial charge < -0.3 is 24.3 Å². The van der Waals surface area contributed by atoms with E-state index in [4.69, 9.17) is 9.47 Å². The number of nitrogens with one attached hydrogen (secondary N) is 1. The van der Waals surface area contributed by atoms with Gasteiger partial charge >= 0.3 is 23.9 Å². The molecule has 206 valence electrons. The van der Waals surface area contributed by atoms with Gasteiger partial charge in [0, 0.05) is 67.7 Å². The third kappa shape index (κ3) is 19.5. The highest BCUT2D eigenvalue weighted by Crippen LogP contribution is 2.08. The van der Waals surface area contributed by atoms with Crippen molar-refractivity contribution in [3.05, 3.63) is 54.6 Å². The molecule has 0 unspecified atom stereocenters. The van der Waals surface area contributed by atoms with Crippen LogP contribution in [0.3, 0.4) is 0 Å². The summed E-state index contributed by atoms with van der Waals surface area (Å²) in [7, 11) is 2.49. The quantitative estimate of drug-likeness (QED) is 0.194. The Morgan fingerprint density at radius 2 is 1.30 bits per heavy atom. The van der Waals surface area contributed by atoms with Gasteiger partial charge in [0.15, 0.2) is 0 Å². The Morgan fingerprint density at radius 1 is 0.811 bits per heavy atom. The number of carbonyl (C=O) groups excluding carboxylic acids is 4. The highest BCUT2D eigenvalue weighted by molar-refractivity contribution is 7.99. The first-order chi connectivity index (χ1) is 17.9. The van der Waals surface area contributed by atoms with Crippen LogP contribution in [0.5, 0.6) is 0 Å². The molecule has 0 radical (unpaired) electrons. The maximum absolute atomic E-state index is 11.2. The Balaban J connectivity index is 0.000000657. The van der Waals surface area contributed by atoms with Gasteiger partial charge in [-0.2, -0.15) is 11.8 Å². The van der Waals surface area contributed by atoms with Crippen LogP contribution in [0.15, 0.2) is 54.6 Å². The van der Waals surface area contributed by atoms with Gasteiger partial charge in [0.2, 0.25) is 0 Å². The number of hydrogen-bond acceptors (Lipinski definition) is 11. The lowest BCUT2D eigenvalue weighted by atomic mass is 10.3. The third-order valence-corrected chi connectivity index (χ3v) is 5.26. The van der Waals surface area contributed by atoms with Crippen molar-refractivity contribution in [3.8, 4) is 0 Å². The number of nitrogens with zero attached hydrogens (tertiary/aromatic N) is 1. The van der Waals surface area contributed by atoms with Gasteiger partial charge in [-0.05, 0) is 12.1 Å². The molecule has 0 aromatic heterocycles. The first kappa shape index (κ1) is 33.7. The molecule has 0 atom stereocenters. The molecule has 1 aromatic rings. The standard InChI is InChI=1S/C13H15NO4.C11H17NO4S.C2H6/c1-17-12(15)7-8-13(16)18-10-9-14-11-5-3-2-4-6-11;1-15-10(13)2-3-11(14)16-7-4-12-5-8-17-9-6-12;1-2/h2-8,14H,9-10H2,1H3;2-3H,4-9H2,1H3;1-2H3/b8-7+;3-2+;. The van der Waals surface area contributed by atoms with Crippen LogP contribution in [-0.4, -0.2) is 93.9 Å². The summed E-state index contributed by atoms with van der Waals surface area (Å²) in [6, 6.07) is 9.57. The number of hydrogen-bond donors (Lipinski definition) is 1. The summed E-state index contributed by atoms with van der Waals surface area (Å²) in [5.41, 5.74) is 0.957. The smallest absolute Gasteiger partial charge is 0.331 e. The van der Waals surface area contributed by atoms with Gasteiger partial charge in [0.1, 0.15) is 13.2 Å². The number of carbonyl (C=O) groups is 4. The molecule has 0 amide bonds. The molecule has 1 heterocycles. The van der Waals surface area contributed by atoms with Crippen LogP contribution in [0.2, 0.25) is 0 Å². The van der Waals surface area contributed by atoms with E-state index in [9.17, 15) is 19.2 Å². The summed E-state index contributed by atoms with van der Waals surface area (Å²) in [6.45, 7) is 7.91. The maximum atomic E-state index is 11.2. The molecule has 0 saturated carbocycles. The predicted octanol–water partition coefficient (Wildman–Crippen LogP) is 2.70. The number of thioether (sulfide) groups is 1. The molecule has 10 nitrogen and oxygen atoms in total. The molecule has 0 aliphatic carbocycles. The van der Waals surface area contributed by atoms with Crippen molar-refractivity contribution in [2.75, 3.05) is 70.4 Å². The van der Waals surface area contributed by atoms with Crippen molar-refractivity contribution >= 4 is 41.3 Å². The predicted molar refractivity (Wildman–Crippen MR) is 144 cm³/mol. The summed E-state index contributed by atoms with van der Waals surface area (Å²) in [5, 5.41) is 3.08. The highest BCUT2D eigenvalue weighted by atomic mass is 32.2. The second kappa shape index (κ2) is 23.1. The molecule has 1 aromatic carbocycles. The average molecular weight is 539 g/mol. The Kier molecular flexibility index (Phi) is 21.0. The van der Waals surface area contributed by atoms with E-state index in [1.54, 1.807) is 0 Å². The zero-order valence-electron chi connectivity index (χ0n) is 22.0. The number of para-hydroxylation sites is 1. The second-order valence-corrected chi connectivity index (χ2v) is 8.02. The normalized spacial score (nSPS) is 12.9. The van der Waals surface area contributed by atoms with Gasteiger partial charge in [0.25, 0.3) is 0 Å². The number of methoxy groups -OCH3 is 2. The third-order valence-electron chi connectivity index (χ3n) is 4.32. The Hall–Kier alpha value is -3.31. The van der Waals surface area contributed by atoms with Gasteiger partial charge in [0.05, 0.1) is 14.2 Å². The van der Waals surface area contributed by atoms with Gasteiger partial charge in [-0.1, -0.05) is 32.0 Å². The molecule has 1 fully saturated rings. The zero-order valence-corrected chi connectivity index (χ0v) is 22.8. The largest absolute Gasteiger partial charge is 0.466 e. The molecule has 1 N–H and O–H groups in total. The van der Waals surface area contributed by atoms with Crippen LogP contribution >= 0.6 is 11.8 Å². The van der Waals surface area contributed by atoms with Crippen LogP contribution in [-0.2, 0) is 38.1 Å². The molecule has 11 heteroatoms. The van der Waals surface area contributed by atoms with E-state index >= 15 is 0 Å². The van der Waals surface area contributed by atoms with E-state index in [2.05, 4.69) is 19.7 Å². The van der Waals surface area contributed by atoms with Gasteiger partial charge in [-0.3, -0.25) is 4.90 Å². The Morgan fingerprint density at radius 3 is 1.81 bits per heavy atom. The fourth-order valence-electron chi connectivity index (χ4n) is 2.51. The molecule has 0 bridgehead atoms. The van der Waals surface area contributed by atoms with E-state index in [-0.39, 0.29) is 6.61 Å². The SMILES string of the molecule is CC.COC(=O)/C=C/C(=O)OCCN1CCSCC1.COC(=O)/C=C/C(=O)OCCNc1ccccc1. The van der Waals surface area contributed by atoms with E-state index in [1.807, 2.05) is 55.9 Å². The number of ether oxygens (including phenoxy) is 4. The number of anilines is 1. The van der Waals surface area contributed by atoms with Crippen molar-refractivity contribution in [1.82, 2.24) is 4.90 Å². The van der Waals surface area contributed by atoms with Gasteiger partial charge in [-0.15, -0.1) is 0 Å². The van der Waals surface area contributed by atoms with Crippen LogP contribution in [0, 0.1) is 0 Å². The number of rotatable bonds is 11. The lowest BCUT2D eigenvalue weighted by Gasteiger charge is -2.25. The van der Waals surface area contributed by atoms with E-state index < -0.39 is 23.9 Å². The first-order valence-corrected chi connectivity index (χ1v) is 13.0. The summed E-state index contributed by atoms with van der Waals surface area (Å²) < 4.78 is 18.5. The van der Waals surface area contributed by atoms with Crippen molar-refractivity contribution in [1.29, 1.82) is 0 Å². The summed E-state index contributed by atoms with van der Waals surface area (Å²) in [4.78, 5) is 46.0. The molecule has 37 heavy (non-hydrogen) atoms. The van der Waals surface area contributed by atoms with Crippen molar-refractivity contribution in [2.24, 2.45) is 0 Å². The fourth-order valence-corrected chi connectivity index (χ4v) is 3.49. The zero-order chi connectivity index (χ0) is 27.7. The molecule has 1 aliphatic heterocycles. The first-order valence-electron chi connectivity index (χ1n) is 11.9. The molecule has 0 spiro atoms. The number of benzene rings is 1. The van der Waals surface area contributed by atoms with Crippen molar-refractivity contribution in [2.45, 2.75) is 13.8 Å². The monoisotopic (exact) mass is 538 g/mol. The molecular weight excluding hydrogens is 500 g/mol. The summed E-state index contributed by atoms with van der Waals surface area (Å²) in [6.07, 6.45) is 4.19. The van der Waals surface area contributed by atoms with Crippen LogP contribution in [0.25, 0.3) is 0 Å². The second-order valence-electron chi connectivity index (χ2n) is 6.79. The topological polar surface area (TPSA) is 120 Å². The van der Waals surface area contributed by atoms with E-state index in [1.165, 1.54) is 14.2 Å². The molecular formula is C26H38N2O8S.